The maximum absolute atomic E-state index is 12.0. The average molecular weight is 258 g/mol. The molecule has 0 bridgehead atoms. The lowest BCUT2D eigenvalue weighted by Crippen LogP contribution is -2.29. The first-order valence-corrected chi connectivity index (χ1v) is 6.23. The highest BCUT2D eigenvalue weighted by molar-refractivity contribution is 5.98. The summed E-state index contributed by atoms with van der Waals surface area (Å²) in [5, 5.41) is 0. The molecule has 0 amide bonds. The van der Waals surface area contributed by atoms with Crippen LogP contribution in [-0.2, 0) is 20.7 Å². The van der Waals surface area contributed by atoms with Crippen LogP contribution in [0.4, 0.5) is 0 Å². The van der Waals surface area contributed by atoms with Gasteiger partial charge in [0.1, 0.15) is 17.8 Å². The Balaban J connectivity index is 2.70. The van der Waals surface area contributed by atoms with Gasteiger partial charge in [0, 0.05) is 6.42 Å². The zero-order chi connectivity index (χ0) is 14.3. The van der Waals surface area contributed by atoms with Crippen molar-refractivity contribution < 1.29 is 14.3 Å². The smallest absolute Gasteiger partial charge is 0.317 e. The van der Waals surface area contributed by atoms with Crippen molar-refractivity contribution in [2.24, 2.45) is 5.92 Å². The van der Waals surface area contributed by atoms with Gasteiger partial charge in [-0.25, -0.2) is 0 Å². The lowest BCUT2D eigenvalue weighted by atomic mass is 9.96. The number of terminal acetylenes is 1. The zero-order valence-electron chi connectivity index (χ0n) is 11.3. The summed E-state index contributed by atoms with van der Waals surface area (Å²) >= 11 is 0. The van der Waals surface area contributed by atoms with Crippen molar-refractivity contribution in [2.45, 2.75) is 32.8 Å². The van der Waals surface area contributed by atoms with Crippen molar-refractivity contribution in [3.05, 3.63) is 35.9 Å². The first-order valence-electron chi connectivity index (χ1n) is 6.23. The molecule has 0 aromatic heterocycles. The van der Waals surface area contributed by atoms with Crippen LogP contribution in [0.3, 0.4) is 0 Å². The predicted molar refractivity (Wildman–Crippen MR) is 73.3 cm³/mol. The highest BCUT2D eigenvalue weighted by atomic mass is 16.5. The summed E-state index contributed by atoms with van der Waals surface area (Å²) < 4.78 is 5.18. The maximum atomic E-state index is 12.0. The van der Waals surface area contributed by atoms with E-state index in [0.29, 0.717) is 12.8 Å². The van der Waals surface area contributed by atoms with Crippen LogP contribution in [0.5, 0.6) is 0 Å². The average Bonchev–Trinajstić information content (AvgIpc) is 2.36. The fourth-order valence-electron chi connectivity index (χ4n) is 1.73. The summed E-state index contributed by atoms with van der Waals surface area (Å²) in [6.45, 7) is 3.12. The van der Waals surface area contributed by atoms with Gasteiger partial charge in [-0.2, -0.15) is 0 Å². The van der Waals surface area contributed by atoms with Gasteiger partial charge in [-0.05, 0) is 25.8 Å². The van der Waals surface area contributed by atoms with E-state index in [1.807, 2.05) is 30.3 Å². The molecule has 0 aliphatic rings. The van der Waals surface area contributed by atoms with E-state index in [-0.39, 0.29) is 11.9 Å². The Morgan fingerprint density at radius 1 is 1.32 bits per heavy atom. The molecule has 2 atom stereocenters. The monoisotopic (exact) mass is 258 g/mol. The molecule has 1 rings (SSSR count). The third-order valence-corrected chi connectivity index (χ3v) is 2.78. The summed E-state index contributed by atoms with van der Waals surface area (Å²) in [6.07, 6.45) is 5.50. The largest absolute Gasteiger partial charge is 0.461 e. The van der Waals surface area contributed by atoms with E-state index < -0.39 is 11.9 Å². The first kappa shape index (κ1) is 15.0. The van der Waals surface area contributed by atoms with Gasteiger partial charge in [0.25, 0.3) is 0 Å². The number of rotatable bonds is 6. The van der Waals surface area contributed by atoms with Gasteiger partial charge in [-0.1, -0.05) is 30.3 Å². The Bertz CT molecular complexity index is 471. The molecule has 2 unspecified atom stereocenters. The van der Waals surface area contributed by atoms with Crippen LogP contribution < -0.4 is 0 Å². The number of esters is 1. The summed E-state index contributed by atoms with van der Waals surface area (Å²) in [5.41, 5.74) is 0.934. The molecule has 100 valence electrons. The fourth-order valence-corrected chi connectivity index (χ4v) is 1.73. The number of carbonyl (C=O) groups excluding carboxylic acids is 2. The molecule has 1 aromatic carbocycles. The van der Waals surface area contributed by atoms with E-state index in [9.17, 15) is 9.59 Å². The molecule has 0 N–H and O–H groups in total. The molecule has 0 aliphatic heterocycles. The third kappa shape index (κ3) is 4.97. The minimum atomic E-state index is -0.761. The minimum absolute atomic E-state index is 0.193. The molecule has 19 heavy (non-hydrogen) atoms. The molecule has 0 saturated heterocycles. The lowest BCUT2D eigenvalue weighted by Gasteiger charge is -2.16. The van der Waals surface area contributed by atoms with Gasteiger partial charge in [0.15, 0.2) is 0 Å². The molecule has 0 aliphatic carbocycles. The normalized spacial score (nSPS) is 13.1. The summed E-state index contributed by atoms with van der Waals surface area (Å²) in [6, 6.07) is 9.40. The van der Waals surface area contributed by atoms with Gasteiger partial charge >= 0.3 is 5.97 Å². The van der Waals surface area contributed by atoms with Crippen molar-refractivity contribution >= 4 is 11.8 Å². The molecule has 0 fully saturated rings. The Labute approximate surface area is 114 Å². The van der Waals surface area contributed by atoms with Gasteiger partial charge in [-0.3, -0.25) is 9.59 Å². The summed E-state index contributed by atoms with van der Waals surface area (Å²) in [5.74, 6) is 0.973. The highest BCUT2D eigenvalue weighted by Gasteiger charge is 2.26. The molecular formula is C16H18O3. The van der Waals surface area contributed by atoms with Crippen LogP contribution in [0.25, 0.3) is 0 Å². The number of Topliss-reactive ketones (excluding diaryl/α,β-unsaturated/α-hetero) is 1. The highest BCUT2D eigenvalue weighted by Crippen LogP contribution is 2.13. The van der Waals surface area contributed by atoms with E-state index >= 15 is 0 Å². The van der Waals surface area contributed by atoms with E-state index in [2.05, 4.69) is 5.92 Å². The van der Waals surface area contributed by atoms with E-state index in [1.165, 1.54) is 6.92 Å². The SMILES string of the molecule is C#CCC(C)OC(=O)C(Cc1ccccc1)C(C)=O. The van der Waals surface area contributed by atoms with Crippen LogP contribution in [0, 0.1) is 18.3 Å². The van der Waals surface area contributed by atoms with Crippen LogP contribution in [0.15, 0.2) is 30.3 Å². The van der Waals surface area contributed by atoms with Crippen molar-refractivity contribution in [1.82, 2.24) is 0 Å². The Hall–Kier alpha value is -2.08. The van der Waals surface area contributed by atoms with E-state index in [0.717, 1.165) is 5.56 Å². The zero-order valence-corrected chi connectivity index (χ0v) is 11.3. The fraction of sp³-hybridized carbons (Fsp3) is 0.375. The molecular weight excluding hydrogens is 240 g/mol. The number of hydrogen-bond donors (Lipinski definition) is 0. The number of benzene rings is 1. The van der Waals surface area contributed by atoms with E-state index in [4.69, 9.17) is 11.2 Å². The Kier molecular flexibility index (Phi) is 5.81. The number of carbonyl (C=O) groups is 2. The Morgan fingerprint density at radius 2 is 1.95 bits per heavy atom. The number of ether oxygens (including phenoxy) is 1. The summed E-state index contributed by atoms with van der Waals surface area (Å²) in [4.78, 5) is 23.6. The molecule has 3 nitrogen and oxygen atoms in total. The lowest BCUT2D eigenvalue weighted by molar-refractivity contribution is -0.155. The van der Waals surface area contributed by atoms with Gasteiger partial charge in [-0.15, -0.1) is 12.3 Å². The van der Waals surface area contributed by atoms with Crippen LogP contribution in [0.1, 0.15) is 25.8 Å². The van der Waals surface area contributed by atoms with Crippen molar-refractivity contribution in [2.75, 3.05) is 0 Å². The third-order valence-electron chi connectivity index (χ3n) is 2.78. The van der Waals surface area contributed by atoms with Gasteiger partial charge < -0.3 is 4.74 Å². The van der Waals surface area contributed by atoms with Crippen LogP contribution >= 0.6 is 0 Å². The summed E-state index contributed by atoms with van der Waals surface area (Å²) in [7, 11) is 0. The topological polar surface area (TPSA) is 43.4 Å². The second kappa shape index (κ2) is 7.38. The standard InChI is InChI=1S/C16H18O3/c1-4-8-12(2)19-16(18)15(13(3)17)11-14-9-6-5-7-10-14/h1,5-7,9-10,12,15H,8,11H2,2-3H3. The van der Waals surface area contributed by atoms with Crippen LogP contribution in [0.2, 0.25) is 0 Å². The maximum Gasteiger partial charge on any atom is 0.317 e. The molecule has 0 spiro atoms. The van der Waals surface area contributed by atoms with Gasteiger partial charge in [0.05, 0.1) is 0 Å². The second-order valence-electron chi connectivity index (χ2n) is 4.51. The number of hydrogen-bond acceptors (Lipinski definition) is 3. The van der Waals surface area contributed by atoms with Crippen molar-refractivity contribution in [3.63, 3.8) is 0 Å². The van der Waals surface area contributed by atoms with Crippen molar-refractivity contribution in [1.29, 1.82) is 0 Å². The second-order valence-corrected chi connectivity index (χ2v) is 4.51. The van der Waals surface area contributed by atoms with E-state index in [1.54, 1.807) is 6.92 Å². The molecule has 0 radical (unpaired) electrons. The van der Waals surface area contributed by atoms with Crippen LogP contribution in [-0.4, -0.2) is 17.9 Å². The predicted octanol–water partition coefficient (Wildman–Crippen LogP) is 2.39. The minimum Gasteiger partial charge on any atom is -0.461 e. The number of ketones is 1. The Morgan fingerprint density at radius 3 is 2.47 bits per heavy atom. The molecule has 0 saturated carbocycles. The molecule has 1 aromatic rings. The first-order chi connectivity index (χ1) is 9.04. The molecule has 0 heterocycles. The quantitative estimate of drug-likeness (QED) is 0.447. The van der Waals surface area contributed by atoms with Crippen molar-refractivity contribution in [3.8, 4) is 12.3 Å². The molecule has 3 heteroatoms. The van der Waals surface area contributed by atoms with Gasteiger partial charge in [0.2, 0.25) is 0 Å².